The summed E-state index contributed by atoms with van der Waals surface area (Å²) in [5.74, 6) is 0.968. The SMILES string of the molecule is NC(c1ccc(OC2CC2)cc1)C1Cc2ccccc2S1. The van der Waals surface area contributed by atoms with Crippen molar-refractivity contribution >= 4 is 11.8 Å². The van der Waals surface area contributed by atoms with E-state index < -0.39 is 0 Å². The molecule has 2 aliphatic rings. The van der Waals surface area contributed by atoms with Gasteiger partial charge >= 0.3 is 0 Å². The van der Waals surface area contributed by atoms with Gasteiger partial charge in [-0.25, -0.2) is 0 Å². The molecule has 2 aromatic carbocycles. The fraction of sp³-hybridized carbons (Fsp3) is 0.333. The second kappa shape index (κ2) is 5.39. The Morgan fingerprint density at radius 3 is 2.52 bits per heavy atom. The molecule has 1 aliphatic heterocycles. The average molecular weight is 297 g/mol. The molecule has 0 spiro atoms. The zero-order chi connectivity index (χ0) is 14.2. The quantitative estimate of drug-likeness (QED) is 0.928. The van der Waals surface area contributed by atoms with Gasteiger partial charge in [0.1, 0.15) is 5.75 Å². The monoisotopic (exact) mass is 297 g/mol. The van der Waals surface area contributed by atoms with Crippen LogP contribution in [0.2, 0.25) is 0 Å². The highest BCUT2D eigenvalue weighted by Gasteiger charge is 2.28. The summed E-state index contributed by atoms with van der Waals surface area (Å²) in [5, 5.41) is 0.428. The van der Waals surface area contributed by atoms with Gasteiger partial charge in [-0.3, -0.25) is 0 Å². The van der Waals surface area contributed by atoms with E-state index in [1.165, 1.54) is 28.9 Å². The summed E-state index contributed by atoms with van der Waals surface area (Å²) in [4.78, 5) is 1.38. The minimum atomic E-state index is 0.0670. The van der Waals surface area contributed by atoms with Crippen LogP contribution in [0.4, 0.5) is 0 Å². The topological polar surface area (TPSA) is 35.2 Å². The molecule has 2 unspecified atom stereocenters. The van der Waals surface area contributed by atoms with E-state index >= 15 is 0 Å². The minimum Gasteiger partial charge on any atom is -0.490 e. The molecule has 2 nitrogen and oxygen atoms in total. The van der Waals surface area contributed by atoms with Gasteiger partial charge in [0.25, 0.3) is 0 Å². The summed E-state index contributed by atoms with van der Waals surface area (Å²) in [6.45, 7) is 0. The van der Waals surface area contributed by atoms with Gasteiger partial charge in [-0.1, -0.05) is 30.3 Å². The van der Waals surface area contributed by atoms with Crippen molar-refractivity contribution in [2.45, 2.75) is 41.6 Å². The molecule has 1 fully saturated rings. The maximum Gasteiger partial charge on any atom is 0.119 e. The number of thioether (sulfide) groups is 1. The van der Waals surface area contributed by atoms with E-state index in [0.29, 0.717) is 11.4 Å². The first-order chi connectivity index (χ1) is 10.3. The Balaban J connectivity index is 1.46. The first-order valence-corrected chi connectivity index (χ1v) is 8.44. The number of benzene rings is 2. The second-order valence-electron chi connectivity index (χ2n) is 5.88. The fourth-order valence-electron chi connectivity index (χ4n) is 2.77. The molecule has 0 saturated heterocycles. The van der Waals surface area contributed by atoms with Gasteiger partial charge in [0, 0.05) is 16.2 Å². The van der Waals surface area contributed by atoms with Crippen LogP contribution in [-0.2, 0) is 6.42 Å². The highest BCUT2D eigenvalue weighted by Crippen LogP contribution is 2.41. The van der Waals surface area contributed by atoms with E-state index in [2.05, 4.69) is 48.5 Å². The van der Waals surface area contributed by atoms with Gasteiger partial charge in [-0.05, 0) is 48.6 Å². The Kier molecular flexibility index (Phi) is 3.40. The molecule has 0 radical (unpaired) electrons. The molecule has 2 N–H and O–H groups in total. The zero-order valence-corrected chi connectivity index (χ0v) is 12.7. The highest BCUT2D eigenvalue weighted by molar-refractivity contribution is 8.00. The molecule has 4 rings (SSSR count). The van der Waals surface area contributed by atoms with Crippen molar-refractivity contribution in [1.82, 2.24) is 0 Å². The molecule has 0 aromatic heterocycles. The molecular weight excluding hydrogens is 278 g/mol. The predicted octanol–water partition coefficient (Wildman–Crippen LogP) is 3.94. The number of rotatable bonds is 4. The van der Waals surface area contributed by atoms with Crippen LogP contribution in [0.15, 0.2) is 53.4 Å². The van der Waals surface area contributed by atoms with Gasteiger partial charge in [0.15, 0.2) is 0 Å². The summed E-state index contributed by atoms with van der Waals surface area (Å²) in [6.07, 6.45) is 3.89. The first kappa shape index (κ1) is 13.2. The van der Waals surface area contributed by atoms with Crippen LogP contribution in [0.1, 0.15) is 30.0 Å². The van der Waals surface area contributed by atoms with Gasteiger partial charge in [0.2, 0.25) is 0 Å². The van der Waals surface area contributed by atoms with Crippen molar-refractivity contribution in [1.29, 1.82) is 0 Å². The van der Waals surface area contributed by atoms with Gasteiger partial charge < -0.3 is 10.5 Å². The van der Waals surface area contributed by atoms with Gasteiger partial charge in [0.05, 0.1) is 6.10 Å². The number of fused-ring (bicyclic) bond motifs is 1. The maximum absolute atomic E-state index is 6.48. The number of nitrogens with two attached hydrogens (primary N) is 1. The summed E-state index contributed by atoms with van der Waals surface area (Å²) in [7, 11) is 0. The van der Waals surface area contributed by atoms with Crippen LogP contribution in [0.25, 0.3) is 0 Å². The highest BCUT2D eigenvalue weighted by atomic mass is 32.2. The first-order valence-electron chi connectivity index (χ1n) is 7.56. The van der Waals surface area contributed by atoms with Crippen molar-refractivity contribution in [3.63, 3.8) is 0 Å². The third kappa shape index (κ3) is 2.81. The van der Waals surface area contributed by atoms with Crippen molar-refractivity contribution in [3.8, 4) is 5.75 Å². The second-order valence-corrected chi connectivity index (χ2v) is 7.16. The van der Waals surface area contributed by atoms with Crippen molar-refractivity contribution in [2.75, 3.05) is 0 Å². The molecule has 2 atom stereocenters. The standard InChI is InChI=1S/C18H19NOS/c19-18(17-11-13-3-1-2-4-16(13)21-17)12-5-7-14(8-6-12)20-15-9-10-15/h1-8,15,17-18H,9-11,19H2. The number of hydrogen-bond donors (Lipinski definition) is 1. The van der Waals surface area contributed by atoms with E-state index in [-0.39, 0.29) is 6.04 Å². The molecule has 2 aromatic rings. The lowest BCUT2D eigenvalue weighted by Crippen LogP contribution is -2.23. The Bertz CT molecular complexity index is 611. The molecule has 1 heterocycles. The lowest BCUT2D eigenvalue weighted by molar-refractivity contribution is 0.303. The Labute approximate surface area is 129 Å². The molecule has 1 aliphatic carbocycles. The normalized spacial score (nSPS) is 21.9. The lowest BCUT2D eigenvalue weighted by atomic mass is 9.99. The molecule has 1 saturated carbocycles. The van der Waals surface area contributed by atoms with Crippen molar-refractivity contribution in [3.05, 3.63) is 59.7 Å². The van der Waals surface area contributed by atoms with E-state index in [1.807, 2.05) is 11.8 Å². The zero-order valence-electron chi connectivity index (χ0n) is 11.9. The fourth-order valence-corrected chi connectivity index (χ4v) is 4.12. The molecule has 3 heteroatoms. The van der Waals surface area contributed by atoms with Crippen molar-refractivity contribution < 1.29 is 4.74 Å². The van der Waals surface area contributed by atoms with Gasteiger partial charge in [-0.15, -0.1) is 11.8 Å². The molecule has 108 valence electrons. The molecular formula is C18H19NOS. The minimum absolute atomic E-state index is 0.0670. The summed E-state index contributed by atoms with van der Waals surface area (Å²) in [6, 6.07) is 17.0. The van der Waals surface area contributed by atoms with E-state index in [1.54, 1.807) is 0 Å². The molecule has 0 amide bonds. The predicted molar refractivity (Wildman–Crippen MR) is 86.8 cm³/mol. The molecule has 0 bridgehead atoms. The summed E-state index contributed by atoms with van der Waals surface area (Å²) >= 11 is 1.91. The Morgan fingerprint density at radius 1 is 1.05 bits per heavy atom. The van der Waals surface area contributed by atoms with Crippen LogP contribution in [0.5, 0.6) is 5.75 Å². The van der Waals surface area contributed by atoms with E-state index in [9.17, 15) is 0 Å². The Morgan fingerprint density at radius 2 is 1.81 bits per heavy atom. The molecule has 21 heavy (non-hydrogen) atoms. The van der Waals surface area contributed by atoms with Crippen molar-refractivity contribution in [2.24, 2.45) is 5.73 Å². The third-order valence-electron chi connectivity index (χ3n) is 4.16. The van der Waals surface area contributed by atoms with E-state index in [4.69, 9.17) is 10.5 Å². The number of ether oxygens (including phenoxy) is 1. The van der Waals surface area contributed by atoms with E-state index in [0.717, 1.165) is 12.2 Å². The smallest absolute Gasteiger partial charge is 0.119 e. The van der Waals surface area contributed by atoms with Crippen LogP contribution < -0.4 is 10.5 Å². The summed E-state index contributed by atoms with van der Waals surface area (Å²) in [5.41, 5.74) is 9.11. The maximum atomic E-state index is 6.48. The van der Waals surface area contributed by atoms with Crippen LogP contribution in [0, 0.1) is 0 Å². The van der Waals surface area contributed by atoms with Crippen LogP contribution >= 0.6 is 11.8 Å². The average Bonchev–Trinajstić information content (AvgIpc) is 3.22. The Hall–Kier alpha value is -1.45. The summed E-state index contributed by atoms with van der Waals surface area (Å²) < 4.78 is 5.79. The van der Waals surface area contributed by atoms with Crippen LogP contribution in [0.3, 0.4) is 0 Å². The third-order valence-corrected chi connectivity index (χ3v) is 5.58. The number of hydrogen-bond acceptors (Lipinski definition) is 3. The lowest BCUT2D eigenvalue weighted by Gasteiger charge is -2.19. The largest absolute Gasteiger partial charge is 0.490 e. The van der Waals surface area contributed by atoms with Crippen LogP contribution in [-0.4, -0.2) is 11.4 Å². The van der Waals surface area contributed by atoms with Gasteiger partial charge in [-0.2, -0.15) is 0 Å².